The Hall–Kier alpha value is -0.980. The summed E-state index contributed by atoms with van der Waals surface area (Å²) in [7, 11) is -2.88. The standard InChI is InChI=1S/C17H26FNO3S/c1-23(21,22)12-3-2-10-19-11-4-5-16(19)13-17(20)14-6-8-15(18)9-7-14/h6-9,16-17,20H,2-5,10-13H2,1H3. The molecule has 1 heterocycles. The molecule has 1 aromatic carbocycles. The third-order valence-electron chi connectivity index (χ3n) is 4.46. The molecule has 6 heteroatoms. The van der Waals surface area contributed by atoms with Crippen molar-refractivity contribution in [1.29, 1.82) is 0 Å². The minimum atomic E-state index is -2.88. The fourth-order valence-electron chi connectivity index (χ4n) is 3.21. The lowest BCUT2D eigenvalue weighted by atomic mass is 10.0. The van der Waals surface area contributed by atoms with Gasteiger partial charge in [0.2, 0.25) is 0 Å². The minimum absolute atomic E-state index is 0.240. The third-order valence-corrected chi connectivity index (χ3v) is 5.49. The van der Waals surface area contributed by atoms with Crippen LogP contribution in [-0.4, -0.2) is 49.6 Å². The van der Waals surface area contributed by atoms with Crippen molar-refractivity contribution >= 4 is 9.84 Å². The topological polar surface area (TPSA) is 57.6 Å². The van der Waals surface area contributed by atoms with Gasteiger partial charge in [-0.25, -0.2) is 12.8 Å². The van der Waals surface area contributed by atoms with Crippen LogP contribution in [0.25, 0.3) is 0 Å². The molecule has 1 aliphatic rings. The quantitative estimate of drug-likeness (QED) is 0.737. The Morgan fingerprint density at radius 3 is 2.65 bits per heavy atom. The van der Waals surface area contributed by atoms with E-state index in [1.54, 1.807) is 12.1 Å². The highest BCUT2D eigenvalue weighted by Gasteiger charge is 2.26. The molecule has 23 heavy (non-hydrogen) atoms. The summed E-state index contributed by atoms with van der Waals surface area (Å²) >= 11 is 0. The first kappa shape index (κ1) is 18.4. The number of benzene rings is 1. The van der Waals surface area contributed by atoms with Crippen molar-refractivity contribution in [2.24, 2.45) is 0 Å². The summed E-state index contributed by atoms with van der Waals surface area (Å²) in [5.74, 6) is -0.0571. The SMILES string of the molecule is CS(=O)(=O)CCCCN1CCCC1CC(O)c1ccc(F)cc1. The van der Waals surface area contributed by atoms with Crippen molar-refractivity contribution < 1.29 is 17.9 Å². The lowest BCUT2D eigenvalue weighted by Gasteiger charge is -2.26. The van der Waals surface area contributed by atoms with Crippen LogP contribution in [0, 0.1) is 5.82 Å². The van der Waals surface area contributed by atoms with Crippen molar-refractivity contribution in [3.05, 3.63) is 35.6 Å². The van der Waals surface area contributed by atoms with Crippen LogP contribution >= 0.6 is 0 Å². The first-order chi connectivity index (χ1) is 10.8. The highest BCUT2D eigenvalue weighted by Crippen LogP contribution is 2.27. The van der Waals surface area contributed by atoms with Crippen molar-refractivity contribution in [1.82, 2.24) is 4.90 Å². The van der Waals surface area contributed by atoms with Crippen LogP contribution in [0.2, 0.25) is 0 Å². The molecule has 1 fully saturated rings. The maximum absolute atomic E-state index is 12.9. The summed E-state index contributed by atoms with van der Waals surface area (Å²) in [5.41, 5.74) is 0.746. The molecule has 1 aromatic rings. The molecule has 0 radical (unpaired) electrons. The molecule has 0 aromatic heterocycles. The van der Waals surface area contributed by atoms with E-state index in [0.29, 0.717) is 18.9 Å². The maximum atomic E-state index is 12.9. The highest BCUT2D eigenvalue weighted by atomic mass is 32.2. The van der Waals surface area contributed by atoms with Crippen LogP contribution in [-0.2, 0) is 9.84 Å². The summed E-state index contributed by atoms with van der Waals surface area (Å²) in [6.45, 7) is 1.87. The minimum Gasteiger partial charge on any atom is -0.388 e. The van der Waals surface area contributed by atoms with Crippen molar-refractivity contribution in [3.8, 4) is 0 Å². The van der Waals surface area contributed by atoms with Gasteiger partial charge in [-0.15, -0.1) is 0 Å². The fourth-order valence-corrected chi connectivity index (χ4v) is 3.94. The third kappa shape index (κ3) is 6.20. The molecule has 4 nitrogen and oxygen atoms in total. The zero-order valence-corrected chi connectivity index (χ0v) is 14.4. The van der Waals surface area contributed by atoms with E-state index >= 15 is 0 Å². The van der Waals surface area contributed by atoms with Crippen molar-refractivity contribution in [2.75, 3.05) is 25.1 Å². The van der Waals surface area contributed by atoms with Crippen molar-refractivity contribution in [3.63, 3.8) is 0 Å². The largest absolute Gasteiger partial charge is 0.388 e. The van der Waals surface area contributed by atoms with Gasteiger partial charge < -0.3 is 10.0 Å². The molecule has 0 saturated carbocycles. The number of aliphatic hydroxyl groups is 1. The number of aliphatic hydroxyl groups excluding tert-OH is 1. The monoisotopic (exact) mass is 343 g/mol. The van der Waals surface area contributed by atoms with E-state index in [4.69, 9.17) is 0 Å². The van der Waals surface area contributed by atoms with E-state index < -0.39 is 15.9 Å². The van der Waals surface area contributed by atoms with E-state index in [2.05, 4.69) is 4.90 Å². The molecule has 0 aliphatic carbocycles. The molecular weight excluding hydrogens is 317 g/mol. The molecular formula is C17H26FNO3S. The number of halogens is 1. The van der Waals surface area contributed by atoms with Gasteiger partial charge in [-0.3, -0.25) is 0 Å². The molecule has 2 rings (SSSR count). The van der Waals surface area contributed by atoms with Crippen LogP contribution in [0.4, 0.5) is 4.39 Å². The molecule has 2 atom stereocenters. The number of likely N-dealkylation sites (tertiary alicyclic amines) is 1. The van der Waals surface area contributed by atoms with Crippen molar-refractivity contribution in [2.45, 2.75) is 44.2 Å². The zero-order chi connectivity index (χ0) is 16.9. The second kappa shape index (κ2) is 8.22. The van der Waals surface area contributed by atoms with Crippen LogP contribution in [0.3, 0.4) is 0 Å². The lowest BCUT2D eigenvalue weighted by molar-refractivity contribution is 0.120. The molecule has 2 unspecified atom stereocenters. The van der Waals surface area contributed by atoms with E-state index in [9.17, 15) is 17.9 Å². The molecule has 0 amide bonds. The molecule has 1 aliphatic heterocycles. The Labute approximate surface area is 138 Å². The summed E-state index contributed by atoms with van der Waals surface area (Å²) in [4.78, 5) is 2.34. The predicted molar refractivity (Wildman–Crippen MR) is 89.5 cm³/mol. The van der Waals surface area contributed by atoms with Gasteiger partial charge in [0.05, 0.1) is 6.10 Å². The van der Waals surface area contributed by atoms with E-state index in [1.807, 2.05) is 0 Å². The number of unbranched alkanes of at least 4 members (excludes halogenated alkanes) is 1. The summed E-state index contributed by atoms with van der Waals surface area (Å²) < 4.78 is 35.2. The van der Waals surface area contributed by atoms with Gasteiger partial charge in [-0.2, -0.15) is 0 Å². The second-order valence-electron chi connectivity index (χ2n) is 6.47. The molecule has 1 N–H and O–H groups in total. The first-order valence-corrected chi connectivity index (χ1v) is 10.3. The Bertz CT molecular complexity index is 588. The average molecular weight is 343 g/mol. The predicted octanol–water partition coefficient (Wildman–Crippen LogP) is 2.54. The Kier molecular flexibility index (Phi) is 6.56. The highest BCUT2D eigenvalue weighted by molar-refractivity contribution is 7.90. The van der Waals surface area contributed by atoms with Gasteiger partial charge in [0, 0.05) is 18.1 Å². The van der Waals surface area contributed by atoms with E-state index in [1.165, 1.54) is 18.4 Å². The summed E-state index contributed by atoms with van der Waals surface area (Å²) in [5, 5.41) is 10.3. The summed E-state index contributed by atoms with van der Waals surface area (Å²) in [6.07, 6.45) is 5.01. The number of rotatable bonds is 8. The second-order valence-corrected chi connectivity index (χ2v) is 8.73. The smallest absolute Gasteiger partial charge is 0.147 e. The number of hydrogen-bond donors (Lipinski definition) is 1. The summed E-state index contributed by atoms with van der Waals surface area (Å²) in [6, 6.07) is 6.32. The Morgan fingerprint density at radius 1 is 1.30 bits per heavy atom. The maximum Gasteiger partial charge on any atom is 0.147 e. The molecule has 1 saturated heterocycles. The van der Waals surface area contributed by atoms with Gasteiger partial charge in [0.25, 0.3) is 0 Å². The Balaban J connectivity index is 1.80. The van der Waals surface area contributed by atoms with Crippen LogP contribution in [0.5, 0.6) is 0 Å². The van der Waals surface area contributed by atoms with Crippen LogP contribution in [0.15, 0.2) is 24.3 Å². The van der Waals surface area contributed by atoms with E-state index in [0.717, 1.165) is 37.9 Å². The van der Waals surface area contributed by atoms with E-state index in [-0.39, 0.29) is 11.6 Å². The van der Waals surface area contributed by atoms with Gasteiger partial charge in [-0.1, -0.05) is 12.1 Å². The molecule has 0 spiro atoms. The number of sulfone groups is 1. The molecule has 130 valence electrons. The van der Waals surface area contributed by atoms with Gasteiger partial charge in [-0.05, 0) is 62.9 Å². The zero-order valence-electron chi connectivity index (χ0n) is 13.6. The van der Waals surface area contributed by atoms with Crippen LogP contribution in [0.1, 0.15) is 43.8 Å². The number of hydrogen-bond acceptors (Lipinski definition) is 4. The lowest BCUT2D eigenvalue weighted by Crippen LogP contribution is -2.32. The fraction of sp³-hybridized carbons (Fsp3) is 0.647. The number of nitrogens with zero attached hydrogens (tertiary/aromatic N) is 1. The average Bonchev–Trinajstić information content (AvgIpc) is 2.90. The normalized spacial score (nSPS) is 20.7. The van der Waals surface area contributed by atoms with Gasteiger partial charge in [0.1, 0.15) is 15.7 Å². The first-order valence-electron chi connectivity index (χ1n) is 8.20. The Morgan fingerprint density at radius 2 is 2.00 bits per heavy atom. The van der Waals surface area contributed by atoms with Gasteiger partial charge in [0.15, 0.2) is 0 Å². The molecule has 0 bridgehead atoms. The van der Waals surface area contributed by atoms with Gasteiger partial charge >= 0.3 is 0 Å². The van der Waals surface area contributed by atoms with Crippen LogP contribution < -0.4 is 0 Å².